The zero-order valence-corrected chi connectivity index (χ0v) is 16.2. The number of fused-ring (bicyclic) bond motifs is 1. The van der Waals surface area contributed by atoms with Gasteiger partial charge in [0.2, 0.25) is 5.91 Å². The first kappa shape index (κ1) is 19.6. The van der Waals surface area contributed by atoms with Crippen LogP contribution in [0.4, 0.5) is 0 Å². The van der Waals surface area contributed by atoms with Gasteiger partial charge in [-0.1, -0.05) is 36.4 Å². The largest absolute Gasteiger partial charge is 0.354 e. The predicted molar refractivity (Wildman–Crippen MR) is 110 cm³/mol. The number of thioether (sulfide) groups is 1. The molecule has 0 aliphatic rings. The first-order chi connectivity index (χ1) is 13.6. The van der Waals surface area contributed by atoms with Gasteiger partial charge in [-0.2, -0.15) is 5.10 Å². The van der Waals surface area contributed by atoms with E-state index in [9.17, 15) is 14.4 Å². The van der Waals surface area contributed by atoms with Crippen molar-refractivity contribution in [2.75, 3.05) is 19.3 Å². The van der Waals surface area contributed by atoms with E-state index in [-0.39, 0.29) is 18.1 Å². The lowest BCUT2D eigenvalue weighted by molar-refractivity contribution is -0.121. The molecule has 7 nitrogen and oxygen atoms in total. The van der Waals surface area contributed by atoms with E-state index in [1.165, 1.54) is 7.05 Å². The molecule has 0 fully saturated rings. The van der Waals surface area contributed by atoms with Gasteiger partial charge < -0.3 is 10.6 Å². The fraction of sp³-hybridized carbons (Fsp3) is 0.200. The molecule has 0 aliphatic carbocycles. The van der Waals surface area contributed by atoms with Crippen molar-refractivity contribution in [3.8, 4) is 0 Å². The number of aromatic nitrogens is 2. The minimum atomic E-state index is -0.412. The highest BCUT2D eigenvalue weighted by Crippen LogP contribution is 2.16. The van der Waals surface area contributed by atoms with Crippen LogP contribution in [0.1, 0.15) is 10.5 Å². The summed E-state index contributed by atoms with van der Waals surface area (Å²) >= 11 is 1.63. The lowest BCUT2D eigenvalue weighted by Crippen LogP contribution is -2.36. The van der Waals surface area contributed by atoms with Crippen LogP contribution in [-0.2, 0) is 11.3 Å². The van der Waals surface area contributed by atoms with Crippen molar-refractivity contribution >= 4 is 34.3 Å². The molecule has 3 aromatic rings. The Morgan fingerprint density at radius 3 is 2.43 bits per heavy atom. The standard InChI is InChI=1S/C20H20N4O3S/c1-21-19(26)18-15-9-5-6-10-16(15)20(27)24(23-18)13-17(25)22-11-12-28-14-7-3-2-4-8-14/h2-10H,11-13H2,1H3,(H,21,26)(H,22,25). The minimum Gasteiger partial charge on any atom is -0.354 e. The summed E-state index contributed by atoms with van der Waals surface area (Å²) in [5.74, 6) is -0.0368. The molecule has 2 N–H and O–H groups in total. The van der Waals surface area contributed by atoms with Crippen LogP contribution in [-0.4, -0.2) is 40.9 Å². The summed E-state index contributed by atoms with van der Waals surface area (Å²) in [6, 6.07) is 16.6. The van der Waals surface area contributed by atoms with E-state index in [0.29, 0.717) is 23.1 Å². The Bertz CT molecular complexity index is 1050. The van der Waals surface area contributed by atoms with Crippen LogP contribution in [0, 0.1) is 0 Å². The highest BCUT2D eigenvalue weighted by molar-refractivity contribution is 7.99. The van der Waals surface area contributed by atoms with Gasteiger partial charge in [-0.15, -0.1) is 11.8 Å². The second kappa shape index (κ2) is 9.18. The summed E-state index contributed by atoms with van der Waals surface area (Å²) < 4.78 is 1.03. The summed E-state index contributed by atoms with van der Waals surface area (Å²) in [4.78, 5) is 38.1. The van der Waals surface area contributed by atoms with E-state index in [2.05, 4.69) is 15.7 Å². The first-order valence-corrected chi connectivity index (χ1v) is 9.75. The number of benzene rings is 2. The molecule has 2 aromatic carbocycles. The monoisotopic (exact) mass is 396 g/mol. The van der Waals surface area contributed by atoms with Crippen LogP contribution in [0.2, 0.25) is 0 Å². The molecule has 0 aliphatic heterocycles. The van der Waals surface area contributed by atoms with E-state index < -0.39 is 11.5 Å². The number of nitrogens with zero attached hydrogens (tertiary/aromatic N) is 2. The van der Waals surface area contributed by atoms with Gasteiger partial charge in [-0.3, -0.25) is 14.4 Å². The van der Waals surface area contributed by atoms with Gasteiger partial charge in [0.1, 0.15) is 6.54 Å². The van der Waals surface area contributed by atoms with Gasteiger partial charge in [0, 0.05) is 29.6 Å². The fourth-order valence-electron chi connectivity index (χ4n) is 2.70. The lowest BCUT2D eigenvalue weighted by atomic mass is 10.1. The van der Waals surface area contributed by atoms with E-state index in [1.807, 2.05) is 30.3 Å². The molecule has 2 amide bonds. The quantitative estimate of drug-likeness (QED) is 0.468. The van der Waals surface area contributed by atoms with Crippen LogP contribution >= 0.6 is 11.8 Å². The summed E-state index contributed by atoms with van der Waals surface area (Å²) in [5, 5.41) is 10.2. The maximum Gasteiger partial charge on any atom is 0.275 e. The molecule has 8 heteroatoms. The highest BCUT2D eigenvalue weighted by Gasteiger charge is 2.16. The maximum atomic E-state index is 12.6. The van der Waals surface area contributed by atoms with E-state index in [4.69, 9.17) is 0 Å². The van der Waals surface area contributed by atoms with Gasteiger partial charge in [0.15, 0.2) is 5.69 Å². The summed E-state index contributed by atoms with van der Waals surface area (Å²) in [6.45, 7) is 0.215. The Morgan fingerprint density at radius 1 is 1.04 bits per heavy atom. The molecule has 1 aromatic heterocycles. The second-order valence-corrected chi connectivity index (χ2v) is 7.12. The van der Waals surface area contributed by atoms with Gasteiger partial charge in [0.25, 0.3) is 11.5 Å². The molecular weight excluding hydrogens is 376 g/mol. The second-order valence-electron chi connectivity index (χ2n) is 5.95. The molecule has 0 atom stereocenters. The molecule has 144 valence electrons. The van der Waals surface area contributed by atoms with Crippen molar-refractivity contribution in [3.05, 3.63) is 70.6 Å². The zero-order valence-electron chi connectivity index (χ0n) is 15.3. The molecule has 0 bridgehead atoms. The molecule has 28 heavy (non-hydrogen) atoms. The third kappa shape index (κ3) is 4.58. The average molecular weight is 396 g/mol. The van der Waals surface area contributed by atoms with E-state index >= 15 is 0 Å². The van der Waals surface area contributed by atoms with Crippen LogP contribution in [0.3, 0.4) is 0 Å². The van der Waals surface area contributed by atoms with Crippen LogP contribution in [0.25, 0.3) is 10.8 Å². The Kier molecular flexibility index (Phi) is 6.44. The first-order valence-electron chi connectivity index (χ1n) is 8.76. The Labute approximate surface area is 166 Å². The van der Waals surface area contributed by atoms with Crippen molar-refractivity contribution < 1.29 is 9.59 Å². The SMILES string of the molecule is CNC(=O)c1nn(CC(=O)NCCSc2ccccc2)c(=O)c2ccccc12. The Balaban J connectivity index is 1.69. The van der Waals surface area contributed by atoms with Gasteiger partial charge in [-0.05, 0) is 18.2 Å². The number of nitrogens with one attached hydrogen (secondary N) is 2. The molecule has 0 saturated carbocycles. The normalized spacial score (nSPS) is 10.6. The number of hydrogen-bond donors (Lipinski definition) is 2. The van der Waals surface area contributed by atoms with E-state index in [0.717, 1.165) is 9.58 Å². The lowest BCUT2D eigenvalue weighted by Gasteiger charge is -2.10. The molecule has 0 radical (unpaired) electrons. The molecule has 0 unspecified atom stereocenters. The Hall–Kier alpha value is -3.13. The van der Waals surface area contributed by atoms with Crippen LogP contribution in [0.15, 0.2) is 64.3 Å². The minimum absolute atomic E-state index is 0.116. The zero-order chi connectivity index (χ0) is 19.9. The van der Waals surface area contributed by atoms with Gasteiger partial charge >= 0.3 is 0 Å². The number of carbonyl (C=O) groups excluding carboxylic acids is 2. The topological polar surface area (TPSA) is 93.1 Å². The van der Waals surface area contributed by atoms with Crippen molar-refractivity contribution in [2.45, 2.75) is 11.4 Å². The molecule has 3 rings (SSSR count). The fourth-order valence-corrected chi connectivity index (χ4v) is 3.49. The van der Waals surface area contributed by atoms with E-state index in [1.54, 1.807) is 36.0 Å². The predicted octanol–water partition coefficient (Wildman–Crippen LogP) is 1.66. The molecule has 0 spiro atoms. The van der Waals surface area contributed by atoms with Crippen molar-refractivity contribution in [3.63, 3.8) is 0 Å². The van der Waals surface area contributed by atoms with Gasteiger partial charge in [0.05, 0.1) is 5.39 Å². The summed E-state index contributed by atoms with van der Waals surface area (Å²) in [6.07, 6.45) is 0. The number of rotatable bonds is 7. The summed E-state index contributed by atoms with van der Waals surface area (Å²) in [5.41, 5.74) is -0.290. The van der Waals surface area contributed by atoms with Crippen LogP contribution < -0.4 is 16.2 Å². The van der Waals surface area contributed by atoms with Crippen LogP contribution in [0.5, 0.6) is 0 Å². The third-order valence-electron chi connectivity index (χ3n) is 4.04. The molecule has 0 saturated heterocycles. The number of amides is 2. The van der Waals surface area contributed by atoms with Crippen molar-refractivity contribution in [2.24, 2.45) is 0 Å². The summed E-state index contributed by atoms with van der Waals surface area (Å²) in [7, 11) is 1.49. The average Bonchev–Trinajstić information content (AvgIpc) is 2.73. The highest BCUT2D eigenvalue weighted by atomic mass is 32.2. The van der Waals surface area contributed by atoms with Crippen molar-refractivity contribution in [1.82, 2.24) is 20.4 Å². The maximum absolute atomic E-state index is 12.6. The number of hydrogen-bond acceptors (Lipinski definition) is 5. The smallest absolute Gasteiger partial charge is 0.275 e. The number of carbonyl (C=O) groups is 2. The van der Waals surface area contributed by atoms with Crippen molar-refractivity contribution in [1.29, 1.82) is 0 Å². The molecular formula is C20H20N4O3S. The third-order valence-corrected chi connectivity index (χ3v) is 5.05. The Morgan fingerprint density at radius 2 is 1.71 bits per heavy atom. The van der Waals surface area contributed by atoms with Gasteiger partial charge in [-0.25, -0.2) is 4.68 Å². The molecule has 1 heterocycles.